The molecule has 0 unspecified atom stereocenters. The number of halogens is 1. The number of para-hydroxylation sites is 4. The molecule has 0 saturated carbocycles. The lowest BCUT2D eigenvalue weighted by atomic mass is 10.1. The van der Waals surface area contributed by atoms with E-state index in [-0.39, 0.29) is 0 Å². The first-order valence-corrected chi connectivity index (χ1v) is 18.9. The van der Waals surface area contributed by atoms with Gasteiger partial charge in [0.25, 0.3) is 5.01 Å². The van der Waals surface area contributed by atoms with E-state index in [1.807, 2.05) is 23.1 Å². The first-order chi connectivity index (χ1) is 23.7. The van der Waals surface area contributed by atoms with Gasteiger partial charge in [0.15, 0.2) is 0 Å². The van der Waals surface area contributed by atoms with Gasteiger partial charge in [0.2, 0.25) is 5.52 Å². The highest BCUT2D eigenvalue weighted by Crippen LogP contribution is 2.46. The second kappa shape index (κ2) is 15.6. The van der Waals surface area contributed by atoms with Gasteiger partial charge < -0.3 is 9.80 Å². The Morgan fingerprint density at radius 1 is 0.755 bits per heavy atom. The molecule has 0 amide bonds. The number of hydrogen-bond acceptors (Lipinski definition) is 8. The lowest BCUT2D eigenvalue weighted by Gasteiger charge is -2.28. The predicted octanol–water partition coefficient (Wildman–Crippen LogP) is 5.75. The summed E-state index contributed by atoms with van der Waals surface area (Å²) in [5.41, 5.74) is 8.95. The van der Waals surface area contributed by atoms with Crippen LogP contribution >= 0.6 is 23.1 Å². The smallest absolute Gasteiger partial charge is 0.262 e. The molecule has 0 saturated heterocycles. The number of allylic oxidation sites excluding steroid dienone is 5. The highest BCUT2D eigenvalue weighted by atomic mass is 35.7. The van der Waals surface area contributed by atoms with Gasteiger partial charge in [-0.2, -0.15) is 4.57 Å². The van der Waals surface area contributed by atoms with E-state index in [4.69, 9.17) is 18.6 Å². The van der Waals surface area contributed by atoms with Crippen LogP contribution in [0.25, 0.3) is 16.3 Å². The van der Waals surface area contributed by atoms with Crippen molar-refractivity contribution < 1.29 is 33.4 Å². The molecule has 4 aromatic carbocycles. The molecule has 10 heteroatoms. The molecule has 0 radical (unpaired) electrons. The summed E-state index contributed by atoms with van der Waals surface area (Å²) in [7, 11) is -4.94. The topological polar surface area (TPSA) is 103 Å². The van der Waals surface area contributed by atoms with E-state index in [0.29, 0.717) is 0 Å². The average molecular weight is 710 g/mol. The Hall–Kier alpha value is -4.19. The largest absolute Gasteiger partial charge is 0.335 e. The van der Waals surface area contributed by atoms with Crippen LogP contribution in [0, 0.1) is 10.2 Å². The van der Waals surface area contributed by atoms with Gasteiger partial charge in [-0.1, -0.05) is 89.8 Å². The van der Waals surface area contributed by atoms with Crippen molar-refractivity contribution in [2.24, 2.45) is 0 Å². The van der Waals surface area contributed by atoms with Gasteiger partial charge in [0.1, 0.15) is 11.2 Å². The van der Waals surface area contributed by atoms with E-state index in [2.05, 4.69) is 162 Å². The number of nitrogens with zero attached hydrogens (tertiary/aromatic N) is 3. The Balaban J connectivity index is 0.000000778. The van der Waals surface area contributed by atoms with Gasteiger partial charge in [-0.05, 0) is 92.5 Å². The Kier molecular flexibility index (Phi) is 11.0. The monoisotopic (exact) mass is 709 g/mol. The van der Waals surface area contributed by atoms with Crippen molar-refractivity contribution >= 4 is 56.5 Å². The Labute approximate surface area is 297 Å². The quantitative estimate of drug-likeness (QED) is 0.189. The summed E-state index contributed by atoms with van der Waals surface area (Å²) in [5.74, 6) is 0. The first kappa shape index (κ1) is 34.7. The minimum Gasteiger partial charge on any atom is -0.335 e. The van der Waals surface area contributed by atoms with Gasteiger partial charge in [0, 0.05) is 35.0 Å². The van der Waals surface area contributed by atoms with Crippen molar-refractivity contribution in [2.45, 2.75) is 38.1 Å². The number of fused-ring (bicyclic) bond motifs is 2. The van der Waals surface area contributed by atoms with Crippen molar-refractivity contribution in [2.75, 3.05) is 16.3 Å². The third-order valence-corrected chi connectivity index (χ3v) is 10.5. The van der Waals surface area contributed by atoms with Gasteiger partial charge in [-0.15, -0.1) is 10.2 Å². The van der Waals surface area contributed by atoms with Gasteiger partial charge in [-0.25, -0.2) is 18.6 Å². The second-order valence-corrected chi connectivity index (χ2v) is 14.1. The van der Waals surface area contributed by atoms with Gasteiger partial charge >= 0.3 is 0 Å². The van der Waals surface area contributed by atoms with Crippen LogP contribution in [0.4, 0.5) is 17.1 Å². The van der Waals surface area contributed by atoms with Crippen molar-refractivity contribution in [1.29, 1.82) is 0 Å². The molecule has 2 heterocycles. The zero-order valence-electron chi connectivity index (χ0n) is 27.2. The zero-order chi connectivity index (χ0) is 34.4. The summed E-state index contributed by atoms with van der Waals surface area (Å²) in [6.45, 7) is 6.36. The molecule has 5 aromatic rings. The highest BCUT2D eigenvalue weighted by molar-refractivity contribution is 8.03. The van der Waals surface area contributed by atoms with Crippen LogP contribution in [-0.4, -0.2) is 6.54 Å². The fraction of sp³-hybridized carbons (Fsp3) is 0.154. The Morgan fingerprint density at radius 2 is 1.37 bits per heavy atom. The van der Waals surface area contributed by atoms with Crippen molar-refractivity contribution in [3.63, 3.8) is 0 Å². The summed E-state index contributed by atoms with van der Waals surface area (Å²) in [5, 5.41) is 2.56. The summed E-state index contributed by atoms with van der Waals surface area (Å²) in [6, 6.07) is 39.0. The maximum atomic E-state index is 8.49. The minimum atomic E-state index is -4.94. The van der Waals surface area contributed by atoms with Crippen LogP contribution in [0.2, 0.25) is 0 Å². The van der Waals surface area contributed by atoms with Crippen molar-refractivity contribution in [3.05, 3.63) is 154 Å². The summed E-state index contributed by atoms with van der Waals surface area (Å²) in [4.78, 5) is 6.20. The zero-order valence-corrected chi connectivity index (χ0v) is 29.6. The molecule has 1 aliphatic heterocycles. The molecule has 0 atom stereocenters. The van der Waals surface area contributed by atoms with Crippen LogP contribution in [0.5, 0.6) is 0 Å². The molecule has 49 heavy (non-hydrogen) atoms. The van der Waals surface area contributed by atoms with E-state index < -0.39 is 10.2 Å². The van der Waals surface area contributed by atoms with Crippen molar-refractivity contribution in [3.8, 4) is 0 Å². The number of thioether (sulfide) groups is 1. The molecule has 0 fully saturated rings. The number of hydrogen-bond donors (Lipinski definition) is 0. The average Bonchev–Trinajstić information content (AvgIpc) is 3.79. The summed E-state index contributed by atoms with van der Waals surface area (Å²) >= 11 is 3.73. The number of rotatable bonds is 8. The maximum Gasteiger partial charge on any atom is 0.262 e. The van der Waals surface area contributed by atoms with Crippen LogP contribution in [0.15, 0.2) is 154 Å². The summed E-state index contributed by atoms with van der Waals surface area (Å²) in [6.07, 6.45) is 11.4. The third kappa shape index (κ3) is 8.17. The number of anilines is 3. The summed E-state index contributed by atoms with van der Waals surface area (Å²) < 4.78 is 37.7. The van der Waals surface area contributed by atoms with Crippen LogP contribution in [0.3, 0.4) is 0 Å². The van der Waals surface area contributed by atoms with E-state index in [9.17, 15) is 0 Å². The fourth-order valence-electron chi connectivity index (χ4n) is 6.24. The molecule has 0 bridgehead atoms. The number of aromatic nitrogens is 1. The third-order valence-electron chi connectivity index (χ3n) is 8.28. The molecule has 0 N–H and O–H groups in total. The van der Waals surface area contributed by atoms with Crippen molar-refractivity contribution in [1.82, 2.24) is 0 Å². The van der Waals surface area contributed by atoms with Crippen LogP contribution < -0.4 is 33.0 Å². The van der Waals surface area contributed by atoms with Crippen LogP contribution in [-0.2, 0) is 6.54 Å². The molecular weight excluding hydrogens is 674 g/mol. The standard InChI is InChI=1S/C39H36N3S2.ClHO4/c1-3-40-33-19-11-13-21-35(33)43-37(40)27-25-29-23-24-30(26-28-38-41(4-2)34-20-12-14-22-36(34)44-38)39(29)42(31-15-7-5-8-16-31)32-17-9-6-10-18-32;2-1(3,4)5/h5-22,25-28H,3-4,23-24H2,1-2H3;(H,2,3,4,5)/q+1;/p-1. The molecular formula is C39H36ClN3O4S2. The maximum absolute atomic E-state index is 8.49. The van der Waals surface area contributed by atoms with Gasteiger partial charge in [-0.3, -0.25) is 0 Å². The Bertz CT molecular complexity index is 1990. The number of aryl methyl sites for hydroxylation is 1. The molecule has 1 aromatic heterocycles. The Morgan fingerprint density at radius 3 is 2.02 bits per heavy atom. The molecule has 0 spiro atoms. The first-order valence-electron chi connectivity index (χ1n) is 16.1. The SMILES string of the molecule is CCN1C(=CC=C2CCC(C=Cc3sc4ccccc4[n+]3CC)=C2N(c2ccccc2)c2ccccc2)Sc2ccccc21.[O-][Cl+3]([O-])([O-])[O-]. The molecule has 250 valence electrons. The predicted molar refractivity (Wildman–Crippen MR) is 189 cm³/mol. The van der Waals surface area contributed by atoms with E-state index >= 15 is 0 Å². The van der Waals surface area contributed by atoms with E-state index in [1.54, 1.807) is 0 Å². The second-order valence-electron chi connectivity index (χ2n) is 11.3. The van der Waals surface area contributed by atoms with Crippen LogP contribution in [0.1, 0.15) is 31.7 Å². The lowest BCUT2D eigenvalue weighted by Crippen LogP contribution is -2.68. The molecule has 2 aliphatic rings. The van der Waals surface area contributed by atoms with E-state index in [0.717, 1.165) is 25.9 Å². The minimum absolute atomic E-state index is 0.947. The molecule has 7 nitrogen and oxygen atoms in total. The van der Waals surface area contributed by atoms with E-state index in [1.165, 1.54) is 59.1 Å². The number of benzene rings is 4. The normalized spacial score (nSPS) is 16.2. The van der Waals surface area contributed by atoms with Gasteiger partial charge in [0.05, 0.1) is 16.4 Å². The number of thiazole rings is 1. The highest BCUT2D eigenvalue weighted by Gasteiger charge is 2.28. The molecule has 7 rings (SSSR count). The molecule has 1 aliphatic carbocycles. The lowest BCUT2D eigenvalue weighted by molar-refractivity contribution is -2.00. The fourth-order valence-corrected chi connectivity index (χ4v) is 8.49.